The third kappa shape index (κ3) is 5.13. The van der Waals surface area contributed by atoms with Gasteiger partial charge >= 0.3 is 0 Å². The van der Waals surface area contributed by atoms with Gasteiger partial charge in [0.15, 0.2) is 0 Å². The number of anilines is 3. The molecule has 9 heteroatoms. The van der Waals surface area contributed by atoms with Crippen molar-refractivity contribution in [3.05, 3.63) is 82.1 Å². The second-order valence-corrected chi connectivity index (χ2v) is 7.84. The van der Waals surface area contributed by atoms with Crippen LogP contribution in [0.4, 0.5) is 17.6 Å². The standard InChI is InChI=1S/C22H21BrN8/c1-14-13-15(2)31(30-14)22-26-20(24-19-11-9-18(23)10-12-19)25-21(27-22)29-28-16(3)17-7-5-4-6-8-17/h4-13H,1-3H3,(H2,24,25,26,27,29)/b28-16-. The Hall–Kier alpha value is -3.59. The van der Waals surface area contributed by atoms with Crippen molar-refractivity contribution in [2.24, 2.45) is 5.10 Å². The van der Waals surface area contributed by atoms with Crippen molar-refractivity contribution in [2.75, 3.05) is 10.7 Å². The summed E-state index contributed by atoms with van der Waals surface area (Å²) in [6, 6.07) is 19.6. The summed E-state index contributed by atoms with van der Waals surface area (Å²) in [5.41, 5.74) is 7.43. The summed E-state index contributed by atoms with van der Waals surface area (Å²) in [4.78, 5) is 13.5. The fraction of sp³-hybridized carbons (Fsp3) is 0.136. The number of hydrazone groups is 1. The Bertz CT molecular complexity index is 1220. The van der Waals surface area contributed by atoms with E-state index in [4.69, 9.17) is 0 Å². The molecule has 31 heavy (non-hydrogen) atoms. The summed E-state index contributed by atoms with van der Waals surface area (Å²) in [6.45, 7) is 5.81. The highest BCUT2D eigenvalue weighted by molar-refractivity contribution is 9.10. The fourth-order valence-electron chi connectivity index (χ4n) is 2.94. The fourth-order valence-corrected chi connectivity index (χ4v) is 3.20. The molecule has 2 aromatic heterocycles. The van der Waals surface area contributed by atoms with Crippen LogP contribution >= 0.6 is 15.9 Å². The van der Waals surface area contributed by atoms with Crippen LogP contribution in [0.1, 0.15) is 23.9 Å². The summed E-state index contributed by atoms with van der Waals surface area (Å²) in [5.74, 6) is 1.10. The maximum Gasteiger partial charge on any atom is 0.257 e. The maximum atomic E-state index is 4.55. The lowest BCUT2D eigenvalue weighted by atomic mass is 10.1. The van der Waals surface area contributed by atoms with Gasteiger partial charge in [-0.15, -0.1) is 0 Å². The molecule has 0 amide bonds. The smallest absolute Gasteiger partial charge is 0.257 e. The van der Waals surface area contributed by atoms with Crippen LogP contribution in [0.5, 0.6) is 0 Å². The van der Waals surface area contributed by atoms with Crippen LogP contribution in [0.3, 0.4) is 0 Å². The molecule has 0 radical (unpaired) electrons. The van der Waals surface area contributed by atoms with Crippen molar-refractivity contribution in [2.45, 2.75) is 20.8 Å². The van der Waals surface area contributed by atoms with E-state index in [9.17, 15) is 0 Å². The van der Waals surface area contributed by atoms with Crippen molar-refractivity contribution < 1.29 is 0 Å². The zero-order valence-electron chi connectivity index (χ0n) is 17.3. The first-order valence-corrected chi connectivity index (χ1v) is 10.5. The molecule has 156 valence electrons. The Labute approximate surface area is 188 Å². The highest BCUT2D eigenvalue weighted by atomic mass is 79.9. The van der Waals surface area contributed by atoms with Crippen LogP contribution in [0.2, 0.25) is 0 Å². The van der Waals surface area contributed by atoms with E-state index in [1.54, 1.807) is 4.68 Å². The number of nitrogens with one attached hydrogen (secondary N) is 2. The Kier molecular flexibility index (Phi) is 6.03. The minimum Gasteiger partial charge on any atom is -0.324 e. The first kappa shape index (κ1) is 20.7. The van der Waals surface area contributed by atoms with Gasteiger partial charge in [-0.05, 0) is 56.7 Å². The number of benzene rings is 2. The van der Waals surface area contributed by atoms with E-state index >= 15 is 0 Å². The van der Waals surface area contributed by atoms with Crippen molar-refractivity contribution in [1.82, 2.24) is 24.7 Å². The number of hydrogen-bond donors (Lipinski definition) is 2. The zero-order chi connectivity index (χ0) is 21.8. The third-order valence-electron chi connectivity index (χ3n) is 4.44. The lowest BCUT2D eigenvalue weighted by Crippen LogP contribution is -2.11. The SMILES string of the molecule is C/C(=N/Nc1nc(Nc2ccc(Br)cc2)nc(-n2nc(C)cc2C)n1)c1ccccc1. The molecule has 0 bridgehead atoms. The van der Waals surface area contributed by atoms with E-state index in [2.05, 4.69) is 51.8 Å². The highest BCUT2D eigenvalue weighted by Crippen LogP contribution is 2.19. The lowest BCUT2D eigenvalue weighted by Gasteiger charge is -2.10. The van der Waals surface area contributed by atoms with Gasteiger partial charge in [0.05, 0.1) is 11.4 Å². The van der Waals surface area contributed by atoms with Gasteiger partial charge in [0.2, 0.25) is 11.9 Å². The highest BCUT2D eigenvalue weighted by Gasteiger charge is 2.12. The summed E-state index contributed by atoms with van der Waals surface area (Å²) < 4.78 is 2.67. The molecule has 0 aliphatic heterocycles. The molecule has 4 aromatic rings. The van der Waals surface area contributed by atoms with Gasteiger partial charge in [0.25, 0.3) is 5.95 Å². The van der Waals surface area contributed by atoms with E-state index in [1.165, 1.54) is 0 Å². The van der Waals surface area contributed by atoms with Gasteiger partial charge < -0.3 is 5.32 Å². The molecule has 0 unspecified atom stereocenters. The summed E-state index contributed by atoms with van der Waals surface area (Å²) in [6.07, 6.45) is 0. The molecular formula is C22H21BrN8. The zero-order valence-corrected chi connectivity index (χ0v) is 18.9. The molecule has 2 N–H and O–H groups in total. The number of aryl methyl sites for hydroxylation is 2. The molecule has 0 saturated carbocycles. The number of aromatic nitrogens is 5. The van der Waals surface area contributed by atoms with Gasteiger partial charge in [0.1, 0.15) is 0 Å². The monoisotopic (exact) mass is 476 g/mol. The van der Waals surface area contributed by atoms with Gasteiger partial charge in [-0.25, -0.2) is 10.1 Å². The van der Waals surface area contributed by atoms with Crippen LogP contribution < -0.4 is 10.7 Å². The number of nitrogens with zero attached hydrogens (tertiary/aromatic N) is 6. The van der Waals surface area contributed by atoms with Crippen molar-refractivity contribution in [1.29, 1.82) is 0 Å². The van der Waals surface area contributed by atoms with Crippen molar-refractivity contribution in [3.8, 4) is 5.95 Å². The van der Waals surface area contributed by atoms with Gasteiger partial charge in [-0.2, -0.15) is 25.2 Å². The second kappa shape index (κ2) is 9.05. The number of halogens is 1. The normalized spacial score (nSPS) is 11.4. The van der Waals surface area contributed by atoms with E-state index in [0.29, 0.717) is 17.8 Å². The lowest BCUT2D eigenvalue weighted by molar-refractivity contribution is 0.767. The molecule has 0 aliphatic carbocycles. The van der Waals surface area contributed by atoms with Gasteiger partial charge in [-0.1, -0.05) is 46.3 Å². The maximum absolute atomic E-state index is 4.55. The topological polar surface area (TPSA) is 92.9 Å². The number of hydrogen-bond acceptors (Lipinski definition) is 7. The summed E-state index contributed by atoms with van der Waals surface area (Å²) >= 11 is 3.44. The van der Waals surface area contributed by atoms with Gasteiger partial charge in [-0.3, -0.25) is 0 Å². The predicted molar refractivity (Wildman–Crippen MR) is 126 cm³/mol. The molecule has 2 aromatic carbocycles. The average molecular weight is 477 g/mol. The molecular weight excluding hydrogens is 456 g/mol. The minimum atomic E-state index is 0.312. The van der Waals surface area contributed by atoms with Crippen molar-refractivity contribution in [3.63, 3.8) is 0 Å². The molecule has 0 spiro atoms. The van der Waals surface area contributed by atoms with E-state index in [1.807, 2.05) is 81.4 Å². The first-order valence-electron chi connectivity index (χ1n) is 9.66. The first-order chi connectivity index (χ1) is 15.0. The summed E-state index contributed by atoms with van der Waals surface area (Å²) in [5, 5.41) is 12.1. The van der Waals surface area contributed by atoms with Crippen LogP contribution in [-0.4, -0.2) is 30.4 Å². The molecule has 2 heterocycles. The van der Waals surface area contributed by atoms with Crippen LogP contribution in [0, 0.1) is 13.8 Å². The Morgan fingerprint density at radius 3 is 2.32 bits per heavy atom. The molecule has 0 saturated heterocycles. The number of rotatable bonds is 6. The molecule has 0 fully saturated rings. The van der Waals surface area contributed by atoms with Crippen molar-refractivity contribution >= 4 is 39.2 Å². The molecule has 8 nitrogen and oxygen atoms in total. The van der Waals surface area contributed by atoms with Crippen LogP contribution in [-0.2, 0) is 0 Å². The van der Waals surface area contributed by atoms with Crippen LogP contribution in [0.15, 0.2) is 70.2 Å². The Morgan fingerprint density at radius 2 is 1.65 bits per heavy atom. The Morgan fingerprint density at radius 1 is 0.935 bits per heavy atom. The van der Waals surface area contributed by atoms with E-state index in [-0.39, 0.29) is 0 Å². The van der Waals surface area contributed by atoms with E-state index < -0.39 is 0 Å². The minimum absolute atomic E-state index is 0.312. The van der Waals surface area contributed by atoms with Crippen LogP contribution in [0.25, 0.3) is 5.95 Å². The van der Waals surface area contributed by atoms with E-state index in [0.717, 1.165) is 32.8 Å². The van der Waals surface area contributed by atoms with Gasteiger partial charge in [0, 0.05) is 15.9 Å². The molecule has 0 atom stereocenters. The second-order valence-electron chi connectivity index (χ2n) is 6.93. The molecule has 4 rings (SSSR count). The quantitative estimate of drug-likeness (QED) is 0.299. The molecule has 0 aliphatic rings. The Balaban J connectivity index is 1.68. The third-order valence-corrected chi connectivity index (χ3v) is 4.97. The summed E-state index contributed by atoms with van der Waals surface area (Å²) in [7, 11) is 0. The largest absolute Gasteiger partial charge is 0.324 e. The average Bonchev–Trinajstić information content (AvgIpc) is 3.12. The predicted octanol–water partition coefficient (Wildman–Crippen LogP) is 5.02.